The van der Waals surface area contributed by atoms with Gasteiger partial charge < -0.3 is 11.1 Å². The number of nitrogens with zero attached hydrogens (tertiary/aromatic N) is 2. The van der Waals surface area contributed by atoms with E-state index >= 15 is 0 Å². The molecular formula is C10H16Cl2N4. The van der Waals surface area contributed by atoms with E-state index in [9.17, 15) is 0 Å². The lowest BCUT2D eigenvalue weighted by atomic mass is 9.91. The fourth-order valence-electron chi connectivity index (χ4n) is 1.94. The summed E-state index contributed by atoms with van der Waals surface area (Å²) in [6.45, 7) is 0. The molecule has 1 fully saturated rings. The molecule has 2 unspecified atom stereocenters. The van der Waals surface area contributed by atoms with Crippen molar-refractivity contribution in [2.24, 2.45) is 5.73 Å². The summed E-state index contributed by atoms with van der Waals surface area (Å²) in [5, 5.41) is 3.77. The topological polar surface area (TPSA) is 63.8 Å². The normalized spacial score (nSPS) is 24.6. The summed E-state index contributed by atoms with van der Waals surface area (Å²) in [6.07, 6.45) is 6.09. The summed E-state index contributed by atoms with van der Waals surface area (Å²) < 4.78 is 0. The second-order valence-corrected chi connectivity index (χ2v) is 4.31. The second kappa shape index (κ2) is 6.23. The molecule has 1 aromatic heterocycles. The number of anilines is 1. The maximum atomic E-state index is 6.03. The lowest BCUT2D eigenvalue weighted by molar-refractivity contribution is 0.403. The van der Waals surface area contributed by atoms with Gasteiger partial charge in [-0.15, -0.1) is 12.4 Å². The van der Waals surface area contributed by atoms with Gasteiger partial charge in [-0.25, -0.2) is 9.97 Å². The molecule has 1 aromatic rings. The van der Waals surface area contributed by atoms with E-state index in [1.165, 1.54) is 19.2 Å². The molecular weight excluding hydrogens is 247 g/mol. The van der Waals surface area contributed by atoms with Crippen LogP contribution in [-0.2, 0) is 0 Å². The SMILES string of the molecule is Cl.NC1CCCCC1Nc1cc(Cl)ncn1. The fraction of sp³-hybridized carbons (Fsp3) is 0.600. The smallest absolute Gasteiger partial charge is 0.134 e. The van der Waals surface area contributed by atoms with E-state index < -0.39 is 0 Å². The fourth-order valence-corrected chi connectivity index (χ4v) is 2.09. The number of rotatable bonds is 2. The first-order valence-electron chi connectivity index (χ1n) is 5.25. The zero-order valence-electron chi connectivity index (χ0n) is 8.90. The largest absolute Gasteiger partial charge is 0.366 e. The Bertz CT molecular complexity index is 334. The number of aromatic nitrogens is 2. The molecule has 0 amide bonds. The molecule has 90 valence electrons. The van der Waals surface area contributed by atoms with Crippen molar-refractivity contribution in [2.75, 3.05) is 5.32 Å². The Hall–Kier alpha value is -0.580. The van der Waals surface area contributed by atoms with E-state index in [4.69, 9.17) is 17.3 Å². The van der Waals surface area contributed by atoms with Gasteiger partial charge in [0.25, 0.3) is 0 Å². The summed E-state index contributed by atoms with van der Waals surface area (Å²) in [7, 11) is 0. The van der Waals surface area contributed by atoms with Crippen LogP contribution in [0.4, 0.5) is 5.82 Å². The highest BCUT2D eigenvalue weighted by molar-refractivity contribution is 6.29. The van der Waals surface area contributed by atoms with Crippen LogP contribution in [0.2, 0.25) is 5.15 Å². The van der Waals surface area contributed by atoms with Crippen molar-refractivity contribution in [1.82, 2.24) is 9.97 Å². The second-order valence-electron chi connectivity index (χ2n) is 3.93. The van der Waals surface area contributed by atoms with Crippen LogP contribution >= 0.6 is 24.0 Å². The van der Waals surface area contributed by atoms with E-state index in [0.717, 1.165) is 18.7 Å². The van der Waals surface area contributed by atoms with Gasteiger partial charge in [0.15, 0.2) is 0 Å². The first kappa shape index (κ1) is 13.5. The predicted molar refractivity (Wildman–Crippen MR) is 68.1 cm³/mol. The average Bonchev–Trinajstić information content (AvgIpc) is 2.22. The van der Waals surface area contributed by atoms with Gasteiger partial charge in [-0.05, 0) is 12.8 Å². The van der Waals surface area contributed by atoms with Crippen LogP contribution in [0.3, 0.4) is 0 Å². The molecule has 0 radical (unpaired) electrons. The molecule has 0 bridgehead atoms. The highest BCUT2D eigenvalue weighted by Crippen LogP contribution is 2.20. The van der Waals surface area contributed by atoms with Crippen LogP contribution in [0.15, 0.2) is 12.4 Å². The molecule has 4 nitrogen and oxygen atoms in total. The van der Waals surface area contributed by atoms with Gasteiger partial charge in [0.1, 0.15) is 17.3 Å². The van der Waals surface area contributed by atoms with Crippen molar-refractivity contribution in [3.63, 3.8) is 0 Å². The van der Waals surface area contributed by atoms with Crippen LogP contribution in [0.25, 0.3) is 0 Å². The maximum Gasteiger partial charge on any atom is 0.134 e. The average molecular weight is 263 g/mol. The van der Waals surface area contributed by atoms with Crippen LogP contribution in [0.1, 0.15) is 25.7 Å². The van der Waals surface area contributed by atoms with E-state index in [2.05, 4.69) is 15.3 Å². The molecule has 0 saturated heterocycles. The third-order valence-corrected chi connectivity index (χ3v) is 2.99. The van der Waals surface area contributed by atoms with Crippen LogP contribution in [0.5, 0.6) is 0 Å². The number of nitrogens with two attached hydrogens (primary N) is 1. The number of halogens is 2. The summed E-state index contributed by atoms with van der Waals surface area (Å²) in [4.78, 5) is 7.94. The molecule has 0 aliphatic heterocycles. The summed E-state index contributed by atoms with van der Waals surface area (Å²) in [5.74, 6) is 0.761. The summed E-state index contributed by atoms with van der Waals surface area (Å²) in [5.41, 5.74) is 6.03. The van der Waals surface area contributed by atoms with E-state index in [1.807, 2.05) is 0 Å². The molecule has 2 atom stereocenters. The zero-order valence-corrected chi connectivity index (χ0v) is 10.5. The van der Waals surface area contributed by atoms with Gasteiger partial charge in [0, 0.05) is 18.2 Å². The third kappa shape index (κ3) is 3.47. The molecule has 1 saturated carbocycles. The van der Waals surface area contributed by atoms with Gasteiger partial charge in [-0.1, -0.05) is 24.4 Å². The van der Waals surface area contributed by atoms with Gasteiger partial charge >= 0.3 is 0 Å². The molecule has 0 aromatic carbocycles. The van der Waals surface area contributed by atoms with Gasteiger partial charge in [-0.3, -0.25) is 0 Å². The molecule has 1 aliphatic carbocycles. The lowest BCUT2D eigenvalue weighted by Gasteiger charge is -2.29. The van der Waals surface area contributed by atoms with E-state index in [0.29, 0.717) is 11.2 Å². The number of hydrogen-bond acceptors (Lipinski definition) is 4. The van der Waals surface area contributed by atoms with E-state index in [1.54, 1.807) is 6.07 Å². The highest BCUT2D eigenvalue weighted by atomic mass is 35.5. The van der Waals surface area contributed by atoms with Crippen LogP contribution < -0.4 is 11.1 Å². The van der Waals surface area contributed by atoms with Crippen molar-refractivity contribution in [3.05, 3.63) is 17.5 Å². The minimum atomic E-state index is 0. The lowest BCUT2D eigenvalue weighted by Crippen LogP contribution is -2.42. The van der Waals surface area contributed by atoms with E-state index in [-0.39, 0.29) is 18.4 Å². The molecule has 16 heavy (non-hydrogen) atoms. The zero-order chi connectivity index (χ0) is 10.7. The Morgan fingerprint density at radius 3 is 2.75 bits per heavy atom. The molecule has 1 heterocycles. The Morgan fingerprint density at radius 1 is 1.31 bits per heavy atom. The van der Waals surface area contributed by atoms with Gasteiger partial charge in [0.05, 0.1) is 0 Å². The third-order valence-electron chi connectivity index (χ3n) is 2.79. The number of hydrogen-bond donors (Lipinski definition) is 2. The Balaban J connectivity index is 0.00000128. The van der Waals surface area contributed by atoms with Crippen molar-refractivity contribution in [1.29, 1.82) is 0 Å². The van der Waals surface area contributed by atoms with Crippen molar-refractivity contribution in [3.8, 4) is 0 Å². The van der Waals surface area contributed by atoms with Crippen LogP contribution in [-0.4, -0.2) is 22.1 Å². The molecule has 2 rings (SSSR count). The van der Waals surface area contributed by atoms with Crippen molar-refractivity contribution < 1.29 is 0 Å². The van der Waals surface area contributed by atoms with Crippen LogP contribution in [0, 0.1) is 0 Å². The quantitative estimate of drug-likeness (QED) is 0.803. The molecule has 1 aliphatic rings. The minimum Gasteiger partial charge on any atom is -0.366 e. The highest BCUT2D eigenvalue weighted by Gasteiger charge is 2.21. The number of nitrogens with one attached hydrogen (secondary N) is 1. The first-order valence-corrected chi connectivity index (χ1v) is 5.63. The maximum absolute atomic E-state index is 6.03. The van der Waals surface area contributed by atoms with Gasteiger partial charge in [-0.2, -0.15) is 0 Å². The molecule has 3 N–H and O–H groups in total. The summed E-state index contributed by atoms with van der Waals surface area (Å²) in [6, 6.07) is 2.25. The Kier molecular flexibility index (Phi) is 5.25. The summed E-state index contributed by atoms with van der Waals surface area (Å²) >= 11 is 5.78. The van der Waals surface area contributed by atoms with Crippen molar-refractivity contribution >= 4 is 29.8 Å². The van der Waals surface area contributed by atoms with Crippen molar-refractivity contribution in [2.45, 2.75) is 37.8 Å². The van der Waals surface area contributed by atoms with Gasteiger partial charge in [0.2, 0.25) is 0 Å². The standard InChI is InChI=1S/C10H15ClN4.ClH/c11-9-5-10(14-6-13-9)15-8-4-2-1-3-7(8)12;/h5-8H,1-4,12H2,(H,13,14,15);1H. The first-order chi connectivity index (χ1) is 7.25. The minimum absolute atomic E-state index is 0. The monoisotopic (exact) mass is 262 g/mol. The molecule has 0 spiro atoms. The Labute approximate surface area is 106 Å². The Morgan fingerprint density at radius 2 is 2.06 bits per heavy atom. The predicted octanol–water partition coefficient (Wildman–Crippen LogP) is 2.23. The molecule has 6 heteroatoms.